The number of nitrogens with zero attached hydrogens (tertiary/aromatic N) is 1. The minimum atomic E-state index is -3.46. The molecule has 1 rings (SSSR count). The second-order valence-corrected chi connectivity index (χ2v) is 4.63. The van der Waals surface area contributed by atoms with Crippen LogP contribution in [-0.4, -0.2) is 24.6 Å². The van der Waals surface area contributed by atoms with Crippen LogP contribution in [0.15, 0.2) is 15.9 Å². The highest BCUT2D eigenvalue weighted by molar-refractivity contribution is 7.90. The van der Waals surface area contributed by atoms with E-state index >= 15 is 0 Å². The average molecular weight is 202 g/mol. The molecule has 5 nitrogen and oxygen atoms in total. The first-order chi connectivity index (χ1) is 5.95. The van der Waals surface area contributed by atoms with Crippen molar-refractivity contribution in [2.75, 3.05) is 6.26 Å². The van der Waals surface area contributed by atoms with Gasteiger partial charge < -0.3 is 4.98 Å². The largest absolute Gasteiger partial charge is 0.309 e. The van der Waals surface area contributed by atoms with Crippen LogP contribution in [0.1, 0.15) is 12.7 Å². The highest BCUT2D eigenvalue weighted by atomic mass is 32.2. The molecule has 0 spiro atoms. The summed E-state index contributed by atoms with van der Waals surface area (Å²) in [4.78, 5) is 17.1. The number of nitrogens with one attached hydrogen (secondary N) is 1. The van der Waals surface area contributed by atoms with Gasteiger partial charge in [0.25, 0.3) is 5.56 Å². The highest BCUT2D eigenvalue weighted by Crippen LogP contribution is 1.99. The standard InChI is InChI=1S/C7H10N2O3S/c1-3-6-8-4-5(7(10)9-6)13(2,11)12/h4H,3H2,1-2H3,(H,8,9,10). The summed E-state index contributed by atoms with van der Waals surface area (Å²) < 4.78 is 22.0. The van der Waals surface area contributed by atoms with Crippen LogP contribution in [0.3, 0.4) is 0 Å². The lowest BCUT2D eigenvalue weighted by Crippen LogP contribution is -2.19. The zero-order chi connectivity index (χ0) is 10.1. The van der Waals surface area contributed by atoms with Gasteiger partial charge >= 0.3 is 0 Å². The summed E-state index contributed by atoms with van der Waals surface area (Å²) in [7, 11) is -3.46. The van der Waals surface area contributed by atoms with Crippen LogP contribution in [0.4, 0.5) is 0 Å². The van der Waals surface area contributed by atoms with E-state index in [-0.39, 0.29) is 4.90 Å². The van der Waals surface area contributed by atoms with Gasteiger partial charge in [-0.25, -0.2) is 13.4 Å². The maximum atomic E-state index is 11.2. The molecule has 0 aliphatic rings. The normalized spacial score (nSPS) is 11.5. The van der Waals surface area contributed by atoms with Crippen molar-refractivity contribution >= 4 is 9.84 Å². The molecule has 0 aliphatic carbocycles. The fourth-order valence-electron chi connectivity index (χ4n) is 0.864. The molecule has 72 valence electrons. The minimum absolute atomic E-state index is 0.287. The number of hydrogen-bond donors (Lipinski definition) is 1. The summed E-state index contributed by atoms with van der Waals surface area (Å²) in [5, 5.41) is 0. The van der Waals surface area contributed by atoms with Crippen molar-refractivity contribution in [3.63, 3.8) is 0 Å². The first kappa shape index (κ1) is 9.91. The third-order valence-electron chi connectivity index (χ3n) is 1.55. The maximum absolute atomic E-state index is 11.2. The number of aryl methyl sites for hydroxylation is 1. The summed E-state index contributed by atoms with van der Waals surface area (Å²) in [5.74, 6) is 0.484. The summed E-state index contributed by atoms with van der Waals surface area (Å²) in [5.41, 5.74) is -0.602. The number of sulfone groups is 1. The van der Waals surface area contributed by atoms with E-state index in [2.05, 4.69) is 9.97 Å². The molecule has 0 aromatic carbocycles. The number of hydrogen-bond acceptors (Lipinski definition) is 4. The molecule has 0 aliphatic heterocycles. The molecule has 0 radical (unpaired) electrons. The predicted molar refractivity (Wildman–Crippen MR) is 47.3 cm³/mol. The monoisotopic (exact) mass is 202 g/mol. The summed E-state index contributed by atoms with van der Waals surface area (Å²) >= 11 is 0. The van der Waals surface area contributed by atoms with Gasteiger partial charge in [0.05, 0.1) is 6.20 Å². The highest BCUT2D eigenvalue weighted by Gasteiger charge is 2.12. The molecule has 6 heteroatoms. The SMILES string of the molecule is CCc1ncc(S(C)(=O)=O)c(=O)[nH]1. The van der Waals surface area contributed by atoms with Gasteiger partial charge in [0.2, 0.25) is 0 Å². The van der Waals surface area contributed by atoms with Gasteiger partial charge in [-0.05, 0) is 0 Å². The van der Waals surface area contributed by atoms with Crippen molar-refractivity contribution in [2.45, 2.75) is 18.2 Å². The Bertz CT molecular complexity index is 461. The first-order valence-corrected chi connectivity index (χ1v) is 5.62. The Kier molecular flexibility index (Phi) is 2.51. The van der Waals surface area contributed by atoms with E-state index in [0.29, 0.717) is 12.2 Å². The predicted octanol–water partition coefficient (Wildman–Crippen LogP) is -0.264. The Morgan fingerprint density at radius 1 is 1.54 bits per heavy atom. The molecular weight excluding hydrogens is 192 g/mol. The van der Waals surface area contributed by atoms with Gasteiger partial charge in [0.15, 0.2) is 9.84 Å². The molecule has 0 fully saturated rings. The van der Waals surface area contributed by atoms with Gasteiger partial charge in [-0.15, -0.1) is 0 Å². The molecule has 1 N–H and O–H groups in total. The zero-order valence-electron chi connectivity index (χ0n) is 7.36. The van der Waals surface area contributed by atoms with Crippen molar-refractivity contribution < 1.29 is 8.42 Å². The number of H-pyrrole nitrogens is 1. The lowest BCUT2D eigenvalue weighted by molar-refractivity contribution is 0.599. The Hall–Kier alpha value is -1.17. The van der Waals surface area contributed by atoms with Crippen molar-refractivity contribution in [1.82, 2.24) is 9.97 Å². The van der Waals surface area contributed by atoms with Crippen molar-refractivity contribution in [3.8, 4) is 0 Å². The Morgan fingerprint density at radius 3 is 2.54 bits per heavy atom. The number of rotatable bonds is 2. The third-order valence-corrected chi connectivity index (χ3v) is 2.64. The van der Waals surface area contributed by atoms with E-state index in [1.54, 1.807) is 0 Å². The van der Waals surface area contributed by atoms with Crippen LogP contribution in [0, 0.1) is 0 Å². The summed E-state index contributed by atoms with van der Waals surface area (Å²) in [6.45, 7) is 1.82. The molecule has 0 saturated carbocycles. The van der Waals surface area contributed by atoms with Crippen LogP contribution >= 0.6 is 0 Å². The molecule has 0 unspecified atom stereocenters. The Balaban J connectivity index is 3.38. The van der Waals surface area contributed by atoms with E-state index < -0.39 is 15.4 Å². The summed E-state index contributed by atoms with van der Waals surface area (Å²) in [6.07, 6.45) is 2.64. The van der Waals surface area contributed by atoms with E-state index in [0.717, 1.165) is 12.5 Å². The number of aromatic nitrogens is 2. The third kappa shape index (κ3) is 2.15. The van der Waals surface area contributed by atoms with Gasteiger partial charge in [0, 0.05) is 12.7 Å². The van der Waals surface area contributed by atoms with Crippen molar-refractivity contribution in [3.05, 3.63) is 22.4 Å². The van der Waals surface area contributed by atoms with Crippen molar-refractivity contribution in [1.29, 1.82) is 0 Å². The molecule has 1 heterocycles. The van der Waals surface area contributed by atoms with E-state index in [1.165, 1.54) is 0 Å². The number of aromatic amines is 1. The van der Waals surface area contributed by atoms with Crippen LogP contribution in [-0.2, 0) is 16.3 Å². The molecule has 0 atom stereocenters. The van der Waals surface area contributed by atoms with Crippen LogP contribution in [0.25, 0.3) is 0 Å². The second-order valence-electron chi connectivity index (χ2n) is 2.65. The van der Waals surface area contributed by atoms with E-state index in [1.807, 2.05) is 6.92 Å². The fourth-order valence-corrected chi connectivity index (χ4v) is 1.50. The second kappa shape index (κ2) is 3.29. The fraction of sp³-hybridized carbons (Fsp3) is 0.429. The van der Waals surface area contributed by atoms with Gasteiger partial charge in [-0.3, -0.25) is 4.79 Å². The van der Waals surface area contributed by atoms with Gasteiger partial charge in [-0.2, -0.15) is 0 Å². The van der Waals surface area contributed by atoms with Crippen molar-refractivity contribution in [2.24, 2.45) is 0 Å². The molecule has 0 amide bonds. The Morgan fingerprint density at radius 2 is 2.15 bits per heavy atom. The first-order valence-electron chi connectivity index (χ1n) is 3.73. The summed E-state index contributed by atoms with van der Waals surface area (Å²) in [6, 6.07) is 0. The maximum Gasteiger partial charge on any atom is 0.269 e. The van der Waals surface area contributed by atoms with Crippen LogP contribution in [0.5, 0.6) is 0 Å². The molecule has 1 aromatic heterocycles. The Labute approximate surface area is 75.8 Å². The quantitative estimate of drug-likeness (QED) is 0.716. The van der Waals surface area contributed by atoms with Crippen LogP contribution in [0.2, 0.25) is 0 Å². The van der Waals surface area contributed by atoms with E-state index in [4.69, 9.17) is 0 Å². The topological polar surface area (TPSA) is 79.9 Å². The molecule has 0 saturated heterocycles. The lowest BCUT2D eigenvalue weighted by Gasteiger charge is -1.98. The van der Waals surface area contributed by atoms with Crippen LogP contribution < -0.4 is 5.56 Å². The average Bonchev–Trinajstić information content (AvgIpc) is 2.01. The van der Waals surface area contributed by atoms with E-state index in [9.17, 15) is 13.2 Å². The smallest absolute Gasteiger partial charge is 0.269 e. The zero-order valence-corrected chi connectivity index (χ0v) is 8.18. The minimum Gasteiger partial charge on any atom is -0.309 e. The lowest BCUT2D eigenvalue weighted by atomic mass is 10.4. The van der Waals surface area contributed by atoms with Gasteiger partial charge in [0.1, 0.15) is 10.7 Å². The molecule has 0 bridgehead atoms. The molecular formula is C7H10N2O3S. The van der Waals surface area contributed by atoms with Gasteiger partial charge in [-0.1, -0.05) is 6.92 Å². The molecule has 1 aromatic rings. The molecule has 13 heavy (non-hydrogen) atoms.